The van der Waals surface area contributed by atoms with Gasteiger partial charge in [0.15, 0.2) is 0 Å². The summed E-state index contributed by atoms with van der Waals surface area (Å²) in [4.78, 5) is 12.9. The maximum absolute atomic E-state index is 13.1. The number of hydrogen-bond acceptors (Lipinski definition) is 5. The molecule has 7 nitrogen and oxygen atoms in total. The van der Waals surface area contributed by atoms with E-state index in [1.54, 1.807) is 37.4 Å². The Balaban J connectivity index is 1.57. The summed E-state index contributed by atoms with van der Waals surface area (Å²) in [6, 6.07) is 16.2. The van der Waals surface area contributed by atoms with E-state index in [2.05, 4.69) is 10.0 Å². The number of carbonyl (C=O) groups is 1. The lowest BCUT2D eigenvalue weighted by Gasteiger charge is -2.10. The fourth-order valence-electron chi connectivity index (χ4n) is 4.05. The van der Waals surface area contributed by atoms with E-state index in [1.165, 1.54) is 24.3 Å². The average molecular weight is 495 g/mol. The molecular weight excluding hydrogens is 471 g/mol. The number of ether oxygens (including phenoxy) is 1. The normalized spacial score (nSPS) is 13.6. The van der Waals surface area contributed by atoms with Crippen LogP contribution in [0.15, 0.2) is 65.1 Å². The molecule has 0 unspecified atom stereocenters. The van der Waals surface area contributed by atoms with Gasteiger partial charge in [-0.25, -0.2) is 12.8 Å². The number of amides is 1. The van der Waals surface area contributed by atoms with Crippen LogP contribution in [0.25, 0.3) is 22.3 Å². The molecule has 180 valence electrons. The van der Waals surface area contributed by atoms with E-state index in [0.717, 1.165) is 24.7 Å². The van der Waals surface area contributed by atoms with Crippen molar-refractivity contribution >= 4 is 32.6 Å². The third kappa shape index (κ3) is 4.85. The van der Waals surface area contributed by atoms with E-state index in [0.29, 0.717) is 45.0 Å². The molecule has 1 aliphatic carbocycles. The second-order valence-electron chi connectivity index (χ2n) is 8.55. The van der Waals surface area contributed by atoms with E-state index in [-0.39, 0.29) is 17.6 Å². The lowest BCUT2D eigenvalue weighted by molar-refractivity contribution is 0.0964. The number of nitrogens with one attached hydrogen (secondary N) is 2. The van der Waals surface area contributed by atoms with E-state index in [1.807, 2.05) is 6.07 Å². The van der Waals surface area contributed by atoms with Crippen molar-refractivity contribution in [1.82, 2.24) is 5.32 Å². The van der Waals surface area contributed by atoms with E-state index in [4.69, 9.17) is 9.15 Å². The summed E-state index contributed by atoms with van der Waals surface area (Å²) in [5, 5.41) is 3.29. The van der Waals surface area contributed by atoms with E-state index >= 15 is 0 Å². The average Bonchev–Trinajstić information content (AvgIpc) is 3.60. The molecule has 0 bridgehead atoms. The number of rotatable bonds is 7. The molecule has 1 amide bonds. The number of benzene rings is 3. The molecule has 1 aliphatic rings. The van der Waals surface area contributed by atoms with Crippen LogP contribution >= 0.6 is 0 Å². The molecule has 1 saturated carbocycles. The van der Waals surface area contributed by atoms with Crippen LogP contribution in [0, 0.1) is 5.82 Å². The second kappa shape index (κ2) is 8.74. The first-order chi connectivity index (χ1) is 16.7. The minimum absolute atomic E-state index is 0.238. The van der Waals surface area contributed by atoms with Gasteiger partial charge in [0.25, 0.3) is 5.91 Å². The predicted octanol–water partition coefficient (Wildman–Crippen LogP) is 5.64. The topological polar surface area (TPSA) is 97.6 Å². The minimum atomic E-state index is -3.49. The highest BCUT2D eigenvalue weighted by molar-refractivity contribution is 7.92. The van der Waals surface area contributed by atoms with Crippen LogP contribution in [-0.2, 0) is 10.0 Å². The largest absolute Gasteiger partial charge is 0.457 e. The molecule has 2 N–H and O–H groups in total. The molecule has 9 heteroatoms. The molecule has 0 spiro atoms. The van der Waals surface area contributed by atoms with Crippen LogP contribution < -0.4 is 14.8 Å². The Morgan fingerprint density at radius 1 is 1.03 bits per heavy atom. The third-order valence-corrected chi connectivity index (χ3v) is 6.38. The number of carbonyl (C=O) groups excluding carboxylic acids is 1. The molecule has 4 aromatic rings. The summed E-state index contributed by atoms with van der Waals surface area (Å²) in [5.74, 6) is 0.976. The van der Waals surface area contributed by atoms with Crippen LogP contribution in [0.5, 0.6) is 11.5 Å². The number of halogens is 1. The fourth-order valence-corrected chi connectivity index (χ4v) is 4.62. The Kier molecular flexibility index (Phi) is 5.72. The van der Waals surface area contributed by atoms with Crippen molar-refractivity contribution in [2.24, 2.45) is 0 Å². The van der Waals surface area contributed by atoms with Crippen molar-refractivity contribution in [2.45, 2.75) is 18.8 Å². The van der Waals surface area contributed by atoms with Crippen molar-refractivity contribution in [1.29, 1.82) is 0 Å². The summed E-state index contributed by atoms with van der Waals surface area (Å²) < 4.78 is 51.4. The first-order valence-electron chi connectivity index (χ1n) is 11.1. The molecule has 5 rings (SSSR count). The van der Waals surface area contributed by atoms with Gasteiger partial charge in [-0.3, -0.25) is 9.52 Å². The van der Waals surface area contributed by atoms with Crippen LogP contribution in [0.2, 0.25) is 0 Å². The lowest BCUT2D eigenvalue weighted by Crippen LogP contribution is -2.18. The van der Waals surface area contributed by atoms with Crippen LogP contribution in [0.3, 0.4) is 0 Å². The summed E-state index contributed by atoms with van der Waals surface area (Å²) in [6.45, 7) is 0. The zero-order chi connectivity index (χ0) is 24.7. The van der Waals surface area contributed by atoms with Gasteiger partial charge >= 0.3 is 0 Å². The van der Waals surface area contributed by atoms with Crippen molar-refractivity contribution < 1.29 is 26.8 Å². The molecule has 1 heterocycles. The minimum Gasteiger partial charge on any atom is -0.457 e. The second-order valence-corrected chi connectivity index (χ2v) is 10.3. The molecule has 1 aromatic heterocycles. The Morgan fingerprint density at radius 2 is 1.66 bits per heavy atom. The zero-order valence-electron chi connectivity index (χ0n) is 19.1. The molecular formula is C26H23FN2O5S. The quantitative estimate of drug-likeness (QED) is 0.347. The van der Waals surface area contributed by atoms with Crippen molar-refractivity contribution in [2.75, 3.05) is 18.0 Å². The summed E-state index contributed by atoms with van der Waals surface area (Å²) in [7, 11) is -1.94. The standard InChI is InChI=1S/C26H23FN2O5S/c1-28-26(30)24-21-13-20(15-3-4-15)22(29-35(2,31)32)14-23(21)34-25(24)16-5-9-18(10-6-16)33-19-11-7-17(27)8-12-19/h5-15,29H,3-4H2,1-2H3,(H,28,30). The molecule has 35 heavy (non-hydrogen) atoms. The summed E-state index contributed by atoms with van der Waals surface area (Å²) in [6.07, 6.45) is 3.02. The van der Waals surface area contributed by atoms with Gasteiger partial charge in [0.05, 0.1) is 17.5 Å². The summed E-state index contributed by atoms with van der Waals surface area (Å²) >= 11 is 0. The number of hydrogen-bond donors (Lipinski definition) is 2. The molecule has 0 saturated heterocycles. The first kappa shape index (κ1) is 22.9. The van der Waals surface area contributed by atoms with Gasteiger partial charge in [-0.1, -0.05) is 0 Å². The Morgan fingerprint density at radius 3 is 2.23 bits per heavy atom. The third-order valence-electron chi connectivity index (χ3n) is 5.79. The molecule has 1 fully saturated rings. The number of furan rings is 1. The zero-order valence-corrected chi connectivity index (χ0v) is 19.9. The van der Waals surface area contributed by atoms with Gasteiger partial charge in [0.1, 0.15) is 28.7 Å². The highest BCUT2D eigenvalue weighted by Crippen LogP contribution is 2.46. The maximum Gasteiger partial charge on any atom is 0.255 e. The van der Waals surface area contributed by atoms with Crippen molar-refractivity contribution in [3.05, 3.63) is 77.6 Å². The predicted molar refractivity (Wildman–Crippen MR) is 132 cm³/mol. The van der Waals surface area contributed by atoms with Gasteiger partial charge in [0, 0.05) is 24.1 Å². The summed E-state index contributed by atoms with van der Waals surface area (Å²) in [5.41, 5.74) is 2.75. The SMILES string of the molecule is CNC(=O)c1c(-c2ccc(Oc3ccc(F)cc3)cc2)oc2cc(NS(C)(=O)=O)c(C3CC3)cc12. The van der Waals surface area contributed by atoms with Gasteiger partial charge in [-0.15, -0.1) is 0 Å². The monoisotopic (exact) mass is 494 g/mol. The number of anilines is 1. The van der Waals surface area contributed by atoms with Gasteiger partial charge in [-0.05, 0) is 78.9 Å². The smallest absolute Gasteiger partial charge is 0.255 e. The number of sulfonamides is 1. The Hall–Kier alpha value is -3.85. The lowest BCUT2D eigenvalue weighted by atomic mass is 10.0. The van der Waals surface area contributed by atoms with Crippen LogP contribution in [0.4, 0.5) is 10.1 Å². The van der Waals surface area contributed by atoms with Crippen molar-refractivity contribution in [3.8, 4) is 22.8 Å². The van der Waals surface area contributed by atoms with Crippen LogP contribution in [0.1, 0.15) is 34.7 Å². The van der Waals surface area contributed by atoms with Crippen LogP contribution in [-0.4, -0.2) is 27.6 Å². The van der Waals surface area contributed by atoms with E-state index < -0.39 is 10.0 Å². The highest BCUT2D eigenvalue weighted by Gasteiger charge is 2.30. The molecule has 0 atom stereocenters. The molecule has 0 aliphatic heterocycles. The Bertz CT molecular complexity index is 1520. The fraction of sp³-hybridized carbons (Fsp3) is 0.192. The maximum atomic E-state index is 13.1. The highest BCUT2D eigenvalue weighted by atomic mass is 32.2. The van der Waals surface area contributed by atoms with Gasteiger partial charge < -0.3 is 14.5 Å². The number of fused-ring (bicyclic) bond motifs is 1. The van der Waals surface area contributed by atoms with Gasteiger partial charge in [-0.2, -0.15) is 0 Å². The molecule has 3 aromatic carbocycles. The van der Waals surface area contributed by atoms with E-state index in [9.17, 15) is 17.6 Å². The molecule has 0 radical (unpaired) electrons. The van der Waals surface area contributed by atoms with Crippen molar-refractivity contribution in [3.63, 3.8) is 0 Å². The van der Waals surface area contributed by atoms with Gasteiger partial charge in [0.2, 0.25) is 10.0 Å². The Labute approximate surface area is 202 Å². The first-order valence-corrected chi connectivity index (χ1v) is 12.9.